The van der Waals surface area contributed by atoms with Crippen LogP contribution in [0.4, 0.5) is 0 Å². The highest BCUT2D eigenvalue weighted by molar-refractivity contribution is 6.00. The van der Waals surface area contributed by atoms with E-state index in [1.165, 1.54) is 0 Å². The van der Waals surface area contributed by atoms with Crippen LogP contribution < -0.4 is 0 Å². The molecule has 0 aliphatic carbocycles. The van der Waals surface area contributed by atoms with Crippen LogP contribution in [0, 0.1) is 6.61 Å². The standard InChI is InChI=1S/C8H7O2/c9-6-8(10)7-4-2-1-3-5-7/h1-6,9H. The van der Waals surface area contributed by atoms with E-state index < -0.39 is 0 Å². The molecule has 0 fully saturated rings. The first-order chi connectivity index (χ1) is 4.84. The van der Waals surface area contributed by atoms with Gasteiger partial charge in [-0.15, -0.1) is 0 Å². The zero-order chi connectivity index (χ0) is 7.40. The molecule has 0 heterocycles. The molecule has 0 saturated carbocycles. The quantitative estimate of drug-likeness (QED) is 0.622. The lowest BCUT2D eigenvalue weighted by Gasteiger charge is -1.92. The molecule has 2 heteroatoms. The summed E-state index contributed by atoms with van der Waals surface area (Å²) in [5, 5.41) is 8.31. The van der Waals surface area contributed by atoms with E-state index >= 15 is 0 Å². The van der Waals surface area contributed by atoms with Crippen molar-refractivity contribution in [1.29, 1.82) is 0 Å². The number of Topliss-reactive ketones (excluding diaryl/α,β-unsaturated/α-hetero) is 1. The van der Waals surface area contributed by atoms with E-state index in [0.717, 1.165) is 0 Å². The van der Waals surface area contributed by atoms with E-state index in [1.807, 2.05) is 6.07 Å². The molecule has 1 aromatic rings. The van der Waals surface area contributed by atoms with Crippen molar-refractivity contribution >= 4 is 5.78 Å². The fourth-order valence-corrected chi connectivity index (χ4v) is 0.677. The van der Waals surface area contributed by atoms with E-state index in [2.05, 4.69) is 0 Å². The van der Waals surface area contributed by atoms with E-state index in [9.17, 15) is 4.79 Å². The number of benzene rings is 1. The van der Waals surface area contributed by atoms with Gasteiger partial charge >= 0.3 is 0 Å². The van der Waals surface area contributed by atoms with Crippen LogP contribution >= 0.6 is 0 Å². The third-order valence-electron chi connectivity index (χ3n) is 1.18. The average Bonchev–Trinajstić information content (AvgIpc) is 2.05. The van der Waals surface area contributed by atoms with Gasteiger partial charge in [-0.25, -0.2) is 0 Å². The van der Waals surface area contributed by atoms with Crippen LogP contribution in [-0.4, -0.2) is 10.9 Å². The fourth-order valence-electron chi connectivity index (χ4n) is 0.677. The number of ketones is 1. The second kappa shape index (κ2) is 3.13. The number of carbonyl (C=O) groups is 1. The Hall–Kier alpha value is -1.15. The Morgan fingerprint density at radius 1 is 1.30 bits per heavy atom. The number of hydrogen-bond acceptors (Lipinski definition) is 2. The molecule has 0 saturated heterocycles. The smallest absolute Gasteiger partial charge is 0.194 e. The predicted molar refractivity (Wildman–Crippen MR) is 37.0 cm³/mol. The highest BCUT2D eigenvalue weighted by atomic mass is 16.3. The van der Waals surface area contributed by atoms with Crippen molar-refractivity contribution in [2.24, 2.45) is 0 Å². The third kappa shape index (κ3) is 1.42. The van der Waals surface area contributed by atoms with Crippen LogP contribution in [0.3, 0.4) is 0 Å². The Kier molecular flexibility index (Phi) is 2.18. The van der Waals surface area contributed by atoms with Crippen molar-refractivity contribution in [3.8, 4) is 0 Å². The summed E-state index contributed by atoms with van der Waals surface area (Å²) in [6.07, 6.45) is 0. The molecule has 0 aliphatic heterocycles. The fraction of sp³-hybridized carbons (Fsp3) is 0. The van der Waals surface area contributed by atoms with Gasteiger partial charge in [0, 0.05) is 5.56 Å². The van der Waals surface area contributed by atoms with Gasteiger partial charge in [-0.1, -0.05) is 30.3 Å². The SMILES string of the molecule is O=C([CH]O)c1ccccc1. The van der Waals surface area contributed by atoms with Crippen molar-refractivity contribution in [2.45, 2.75) is 0 Å². The molecule has 1 radical (unpaired) electrons. The number of aliphatic hydroxyl groups is 1. The van der Waals surface area contributed by atoms with Gasteiger partial charge in [0.1, 0.15) is 0 Å². The monoisotopic (exact) mass is 135 g/mol. The van der Waals surface area contributed by atoms with Gasteiger partial charge < -0.3 is 5.11 Å². The molecular formula is C8H7O2. The minimum Gasteiger partial charge on any atom is -0.382 e. The average molecular weight is 135 g/mol. The minimum absolute atomic E-state index is 0.361. The predicted octanol–water partition coefficient (Wildman–Crippen LogP) is 1.40. The summed E-state index contributed by atoms with van der Waals surface area (Å²) in [6, 6.07) is 8.60. The number of carbonyl (C=O) groups excluding carboxylic acids is 1. The molecule has 0 aromatic heterocycles. The molecule has 0 unspecified atom stereocenters. The zero-order valence-corrected chi connectivity index (χ0v) is 5.32. The summed E-state index contributed by atoms with van der Waals surface area (Å²) in [6.45, 7) is 0.565. The molecule has 1 aromatic carbocycles. The summed E-state index contributed by atoms with van der Waals surface area (Å²) >= 11 is 0. The third-order valence-corrected chi connectivity index (χ3v) is 1.18. The summed E-state index contributed by atoms with van der Waals surface area (Å²) in [5.41, 5.74) is 0.505. The number of aliphatic hydroxyl groups excluding tert-OH is 1. The molecule has 0 atom stereocenters. The van der Waals surface area contributed by atoms with Crippen molar-refractivity contribution in [2.75, 3.05) is 0 Å². The minimum atomic E-state index is -0.361. The van der Waals surface area contributed by atoms with Crippen LogP contribution in [-0.2, 0) is 0 Å². The maximum Gasteiger partial charge on any atom is 0.194 e. The molecule has 10 heavy (non-hydrogen) atoms. The van der Waals surface area contributed by atoms with Crippen molar-refractivity contribution in [1.82, 2.24) is 0 Å². The molecule has 51 valence electrons. The largest absolute Gasteiger partial charge is 0.382 e. The Morgan fingerprint density at radius 2 is 1.90 bits per heavy atom. The second-order valence-electron chi connectivity index (χ2n) is 1.86. The van der Waals surface area contributed by atoms with Crippen LogP contribution in [0.2, 0.25) is 0 Å². The van der Waals surface area contributed by atoms with E-state index in [1.54, 1.807) is 24.3 Å². The molecule has 1 rings (SSSR count). The molecule has 0 amide bonds. The highest BCUT2D eigenvalue weighted by Gasteiger charge is 2.00. The lowest BCUT2D eigenvalue weighted by Crippen LogP contribution is -1.97. The van der Waals surface area contributed by atoms with Crippen molar-refractivity contribution in [3.05, 3.63) is 42.5 Å². The van der Waals surface area contributed by atoms with Gasteiger partial charge in [-0.2, -0.15) is 0 Å². The maximum atomic E-state index is 10.7. The molecule has 0 spiro atoms. The van der Waals surface area contributed by atoms with Gasteiger partial charge in [0.2, 0.25) is 0 Å². The Balaban J connectivity index is 2.85. The van der Waals surface area contributed by atoms with Crippen molar-refractivity contribution < 1.29 is 9.90 Å². The highest BCUT2D eigenvalue weighted by Crippen LogP contribution is 1.99. The van der Waals surface area contributed by atoms with Crippen LogP contribution in [0.1, 0.15) is 10.4 Å². The van der Waals surface area contributed by atoms with Crippen LogP contribution in [0.5, 0.6) is 0 Å². The van der Waals surface area contributed by atoms with Gasteiger partial charge in [-0.05, 0) is 0 Å². The van der Waals surface area contributed by atoms with Gasteiger partial charge in [0.25, 0.3) is 0 Å². The first-order valence-electron chi connectivity index (χ1n) is 2.91. The molecular weight excluding hydrogens is 128 g/mol. The Bertz CT molecular complexity index is 216. The maximum absolute atomic E-state index is 10.7. The van der Waals surface area contributed by atoms with Gasteiger partial charge in [0.05, 0.1) is 0 Å². The second-order valence-corrected chi connectivity index (χ2v) is 1.86. The summed E-state index contributed by atoms with van der Waals surface area (Å²) in [7, 11) is 0. The molecule has 2 nitrogen and oxygen atoms in total. The Morgan fingerprint density at radius 3 is 2.40 bits per heavy atom. The van der Waals surface area contributed by atoms with Crippen molar-refractivity contribution in [3.63, 3.8) is 0 Å². The topological polar surface area (TPSA) is 37.3 Å². The van der Waals surface area contributed by atoms with Crippen LogP contribution in [0.25, 0.3) is 0 Å². The summed E-state index contributed by atoms with van der Waals surface area (Å²) in [5.74, 6) is -0.361. The van der Waals surface area contributed by atoms with E-state index in [4.69, 9.17) is 5.11 Å². The zero-order valence-electron chi connectivity index (χ0n) is 5.32. The molecule has 0 bridgehead atoms. The van der Waals surface area contributed by atoms with E-state index in [-0.39, 0.29) is 5.78 Å². The number of hydrogen-bond donors (Lipinski definition) is 1. The Labute approximate surface area is 59.1 Å². The lowest BCUT2D eigenvalue weighted by atomic mass is 10.1. The van der Waals surface area contributed by atoms with E-state index in [0.29, 0.717) is 12.2 Å². The normalized spacial score (nSPS) is 9.30. The van der Waals surface area contributed by atoms with Gasteiger partial charge in [-0.3, -0.25) is 4.79 Å². The summed E-state index contributed by atoms with van der Waals surface area (Å²) in [4.78, 5) is 10.7. The first kappa shape index (κ1) is 6.96. The number of rotatable bonds is 2. The molecule has 1 N–H and O–H groups in total. The van der Waals surface area contributed by atoms with Gasteiger partial charge in [0.15, 0.2) is 12.4 Å². The first-order valence-corrected chi connectivity index (χ1v) is 2.91. The lowest BCUT2D eigenvalue weighted by molar-refractivity contribution is 0.0968. The molecule has 0 aliphatic rings. The summed E-state index contributed by atoms with van der Waals surface area (Å²) < 4.78 is 0. The van der Waals surface area contributed by atoms with Crippen LogP contribution in [0.15, 0.2) is 30.3 Å².